The molecule has 3 unspecified atom stereocenters. The molecule has 0 saturated carbocycles. The molecule has 0 saturated heterocycles. The molecule has 2 N–H and O–H groups in total. The Labute approximate surface area is 429 Å². The smallest absolute Gasteiger partial charge is 0.462 e. The third kappa shape index (κ3) is 50.6. The van der Waals surface area contributed by atoms with E-state index in [9.17, 15) is 28.9 Å². The van der Waals surface area contributed by atoms with Crippen LogP contribution in [0.1, 0.15) is 278 Å². The number of unbranched alkanes of at least 4 members (excludes halogenated alkanes) is 31. The lowest BCUT2D eigenvalue weighted by molar-refractivity contribution is -0.161. The van der Waals surface area contributed by atoms with E-state index in [2.05, 4.69) is 57.2 Å². The first-order valence-corrected chi connectivity index (χ1v) is 30.4. The number of phosphoric acid groups is 1. The predicted octanol–water partition coefficient (Wildman–Crippen LogP) is 16.8. The number of hydrogen-bond donors (Lipinski definition) is 2. The third-order valence-electron chi connectivity index (χ3n) is 12.5. The van der Waals surface area contributed by atoms with E-state index in [0.717, 1.165) is 103 Å². The summed E-state index contributed by atoms with van der Waals surface area (Å²) in [5.41, 5.74) is 0. The lowest BCUT2D eigenvalue weighted by Gasteiger charge is -2.21. The monoisotopic (exact) mass is 1010 g/mol. The van der Waals surface area contributed by atoms with Gasteiger partial charge in [-0.15, -0.1) is 0 Å². The quantitative estimate of drug-likeness (QED) is 0.0197. The van der Waals surface area contributed by atoms with Crippen molar-refractivity contribution in [2.75, 3.05) is 26.4 Å². The minimum atomic E-state index is -4.75. The number of phosphoric ester groups is 1. The maximum Gasteiger partial charge on any atom is 0.472 e. The Morgan fingerprint density at radius 1 is 0.386 bits per heavy atom. The fourth-order valence-electron chi connectivity index (χ4n) is 8.03. The number of rotatable bonds is 54. The van der Waals surface area contributed by atoms with Gasteiger partial charge in [-0.25, -0.2) is 4.57 Å². The van der Waals surface area contributed by atoms with Crippen LogP contribution in [-0.4, -0.2) is 66.5 Å². The summed E-state index contributed by atoms with van der Waals surface area (Å²) in [5.74, 6) is -1.47. The standard InChI is InChI=1S/C58H107O11P/c1-4-7-10-13-16-19-22-24-26-27-29-31-34-37-40-43-46-49-58(62)69-55(51-65-56(60)47-44-41-38-35-32-21-18-15-12-9-6-3)53-67-70(63,64)66-52-54(50-59)68-57(61)48-45-42-39-36-33-30-28-25-23-20-17-14-11-8-5-2/h15,18,24-26,28,54-55,59H,4-14,16-17,19-23,27,29-53H2,1-3H3,(H,63,64)/b18-15-,26-24-,28-25-. The number of hydrogen-bond acceptors (Lipinski definition) is 10. The lowest BCUT2D eigenvalue weighted by atomic mass is 10.1. The Morgan fingerprint density at radius 2 is 0.671 bits per heavy atom. The predicted molar refractivity (Wildman–Crippen MR) is 289 cm³/mol. The molecule has 0 aromatic rings. The van der Waals surface area contributed by atoms with Crippen LogP contribution in [0, 0.1) is 0 Å². The van der Waals surface area contributed by atoms with Crippen LogP contribution >= 0.6 is 7.82 Å². The average molecular weight is 1010 g/mol. The number of esters is 3. The first-order chi connectivity index (χ1) is 34.2. The Balaban J connectivity index is 4.68. The van der Waals surface area contributed by atoms with Crippen molar-refractivity contribution in [3.63, 3.8) is 0 Å². The maximum atomic E-state index is 12.9. The van der Waals surface area contributed by atoms with Crippen LogP contribution in [-0.2, 0) is 42.2 Å². The fraction of sp³-hybridized carbons (Fsp3) is 0.845. The van der Waals surface area contributed by atoms with E-state index in [1.54, 1.807) is 0 Å². The Bertz CT molecular complexity index is 1320. The van der Waals surface area contributed by atoms with Gasteiger partial charge in [-0.3, -0.25) is 23.4 Å². The van der Waals surface area contributed by atoms with E-state index in [-0.39, 0.29) is 25.9 Å². The van der Waals surface area contributed by atoms with Gasteiger partial charge in [0.2, 0.25) is 0 Å². The van der Waals surface area contributed by atoms with E-state index in [1.807, 2.05) is 0 Å². The van der Waals surface area contributed by atoms with Crippen LogP contribution in [0.4, 0.5) is 0 Å². The van der Waals surface area contributed by atoms with Gasteiger partial charge in [0.05, 0.1) is 19.8 Å². The molecule has 11 nitrogen and oxygen atoms in total. The third-order valence-corrected chi connectivity index (χ3v) is 13.5. The zero-order valence-electron chi connectivity index (χ0n) is 45.2. The van der Waals surface area contributed by atoms with Gasteiger partial charge in [0, 0.05) is 19.3 Å². The summed E-state index contributed by atoms with van der Waals surface area (Å²) in [4.78, 5) is 48.4. The molecule has 0 aromatic carbocycles. The first-order valence-electron chi connectivity index (χ1n) is 28.9. The molecule has 410 valence electrons. The van der Waals surface area contributed by atoms with Gasteiger partial charge < -0.3 is 24.2 Å². The van der Waals surface area contributed by atoms with Crippen LogP contribution in [0.2, 0.25) is 0 Å². The van der Waals surface area contributed by atoms with E-state index in [4.69, 9.17) is 23.3 Å². The van der Waals surface area contributed by atoms with Gasteiger partial charge in [0.25, 0.3) is 0 Å². The van der Waals surface area contributed by atoms with Crippen LogP contribution in [0.25, 0.3) is 0 Å². The highest BCUT2D eigenvalue weighted by molar-refractivity contribution is 7.47. The second-order valence-electron chi connectivity index (χ2n) is 19.4. The normalized spacial score (nSPS) is 13.6. The summed E-state index contributed by atoms with van der Waals surface area (Å²) in [6.07, 6.45) is 53.9. The zero-order valence-corrected chi connectivity index (χ0v) is 46.1. The van der Waals surface area contributed by atoms with Crippen molar-refractivity contribution in [3.8, 4) is 0 Å². The largest absolute Gasteiger partial charge is 0.472 e. The maximum absolute atomic E-state index is 12.9. The zero-order chi connectivity index (χ0) is 51.3. The van der Waals surface area contributed by atoms with Crippen LogP contribution in [0.5, 0.6) is 0 Å². The number of aliphatic hydroxyl groups is 1. The van der Waals surface area contributed by atoms with Crippen molar-refractivity contribution < 1.29 is 52.2 Å². The highest BCUT2D eigenvalue weighted by Gasteiger charge is 2.28. The van der Waals surface area contributed by atoms with Crippen LogP contribution in [0.15, 0.2) is 36.5 Å². The van der Waals surface area contributed by atoms with E-state index in [1.165, 1.54) is 116 Å². The van der Waals surface area contributed by atoms with E-state index in [0.29, 0.717) is 19.3 Å². The van der Waals surface area contributed by atoms with Gasteiger partial charge in [-0.05, 0) is 89.9 Å². The van der Waals surface area contributed by atoms with Crippen molar-refractivity contribution in [1.29, 1.82) is 0 Å². The minimum Gasteiger partial charge on any atom is -0.462 e. The topological polar surface area (TPSA) is 155 Å². The first kappa shape index (κ1) is 67.7. The van der Waals surface area contributed by atoms with Gasteiger partial charge in [-0.1, -0.05) is 205 Å². The van der Waals surface area contributed by atoms with Gasteiger partial charge >= 0.3 is 25.7 Å². The Hall–Kier alpha value is -2.30. The minimum absolute atomic E-state index is 0.163. The summed E-state index contributed by atoms with van der Waals surface area (Å²) in [5, 5.41) is 9.80. The molecule has 0 aliphatic rings. The van der Waals surface area contributed by atoms with E-state index < -0.39 is 57.8 Å². The number of aliphatic hydroxyl groups excluding tert-OH is 1. The molecule has 0 fully saturated rings. The molecule has 12 heteroatoms. The van der Waals surface area contributed by atoms with Gasteiger partial charge in [0.15, 0.2) is 6.10 Å². The number of carbonyl (C=O) groups excluding carboxylic acids is 3. The SMILES string of the molecule is CCCC/C=C\CCCCCCCC(=O)OCC(COP(=O)(O)OCC(CO)OC(=O)CCCCCCC/C=C\CCCCCCCC)OC(=O)CCCCCCCCC/C=C\CCCCCCCC. The molecule has 0 spiro atoms. The van der Waals surface area contributed by atoms with Gasteiger partial charge in [0.1, 0.15) is 12.7 Å². The molecule has 3 atom stereocenters. The molecule has 0 aliphatic heterocycles. The van der Waals surface area contributed by atoms with Crippen molar-refractivity contribution in [2.45, 2.75) is 290 Å². The van der Waals surface area contributed by atoms with E-state index >= 15 is 0 Å². The summed E-state index contributed by atoms with van der Waals surface area (Å²) in [7, 11) is -4.75. The highest BCUT2D eigenvalue weighted by atomic mass is 31.2. The summed E-state index contributed by atoms with van der Waals surface area (Å²) < 4.78 is 39.5. The second kappa shape index (κ2) is 53.0. The van der Waals surface area contributed by atoms with Crippen molar-refractivity contribution in [1.82, 2.24) is 0 Å². The number of carbonyl (C=O) groups is 3. The molecule has 70 heavy (non-hydrogen) atoms. The molecule has 0 radical (unpaired) electrons. The summed E-state index contributed by atoms with van der Waals surface area (Å²) >= 11 is 0. The van der Waals surface area contributed by atoms with Crippen molar-refractivity contribution in [3.05, 3.63) is 36.5 Å². The van der Waals surface area contributed by atoms with Crippen LogP contribution < -0.4 is 0 Å². The Kier molecular flexibility index (Phi) is 51.3. The van der Waals surface area contributed by atoms with Crippen molar-refractivity contribution >= 4 is 25.7 Å². The second-order valence-corrected chi connectivity index (χ2v) is 20.9. The highest BCUT2D eigenvalue weighted by Crippen LogP contribution is 2.43. The molecule has 0 aromatic heterocycles. The van der Waals surface area contributed by atoms with Crippen LogP contribution in [0.3, 0.4) is 0 Å². The fourth-order valence-corrected chi connectivity index (χ4v) is 8.82. The molecule has 0 amide bonds. The molecular formula is C58H107O11P. The molecule has 0 aliphatic carbocycles. The Morgan fingerprint density at radius 3 is 1.03 bits per heavy atom. The summed E-state index contributed by atoms with van der Waals surface area (Å²) in [6, 6.07) is 0. The van der Waals surface area contributed by atoms with Crippen molar-refractivity contribution in [2.24, 2.45) is 0 Å². The number of allylic oxidation sites excluding steroid dienone is 6. The molecular weight excluding hydrogens is 904 g/mol. The summed E-state index contributed by atoms with van der Waals surface area (Å²) in [6.45, 7) is 4.60. The lowest BCUT2D eigenvalue weighted by Crippen LogP contribution is -2.30. The number of ether oxygens (including phenoxy) is 3. The average Bonchev–Trinajstić information content (AvgIpc) is 3.35. The molecule has 0 bridgehead atoms. The molecule has 0 rings (SSSR count). The van der Waals surface area contributed by atoms with Gasteiger partial charge in [-0.2, -0.15) is 0 Å². The molecule has 0 heterocycles.